The Labute approximate surface area is 110 Å². The zero-order chi connectivity index (χ0) is 13.7. The van der Waals surface area contributed by atoms with Crippen LogP contribution in [0.4, 0.5) is 0 Å². The van der Waals surface area contributed by atoms with E-state index in [1.54, 1.807) is 0 Å². The van der Waals surface area contributed by atoms with Gasteiger partial charge in [0.05, 0.1) is 0 Å². The molecule has 0 saturated heterocycles. The van der Waals surface area contributed by atoms with Crippen LogP contribution in [0.25, 0.3) is 0 Å². The molecule has 3 heteroatoms. The molecule has 0 aliphatic rings. The Morgan fingerprint density at radius 2 is 2.00 bits per heavy atom. The molecule has 0 spiro atoms. The number of hydrogen-bond acceptors (Lipinski definition) is 3. The third-order valence-corrected chi connectivity index (χ3v) is 2.58. The molecule has 1 aromatic carbocycles. The van der Waals surface area contributed by atoms with Crippen LogP contribution in [-0.4, -0.2) is 25.0 Å². The minimum atomic E-state index is -0.262. The fourth-order valence-electron chi connectivity index (χ4n) is 1.99. The van der Waals surface area contributed by atoms with Crippen LogP contribution in [0.15, 0.2) is 18.2 Å². The van der Waals surface area contributed by atoms with E-state index in [2.05, 4.69) is 24.8 Å². The molecular weight excluding hydrogens is 226 g/mol. The lowest BCUT2D eigenvalue weighted by Gasteiger charge is -2.18. The van der Waals surface area contributed by atoms with Gasteiger partial charge in [-0.25, -0.2) is 0 Å². The van der Waals surface area contributed by atoms with E-state index in [4.69, 9.17) is 4.74 Å². The van der Waals surface area contributed by atoms with E-state index in [0.717, 1.165) is 18.5 Å². The predicted octanol–water partition coefficient (Wildman–Crippen LogP) is 2.87. The van der Waals surface area contributed by atoms with E-state index in [0.29, 0.717) is 11.7 Å². The number of esters is 1. The van der Waals surface area contributed by atoms with Crippen molar-refractivity contribution < 1.29 is 9.53 Å². The Morgan fingerprint density at radius 1 is 1.33 bits per heavy atom. The van der Waals surface area contributed by atoms with Crippen molar-refractivity contribution in [2.75, 3.05) is 14.1 Å². The monoisotopic (exact) mass is 249 g/mol. The molecule has 0 radical (unpaired) electrons. The van der Waals surface area contributed by atoms with Crippen molar-refractivity contribution in [1.82, 2.24) is 4.90 Å². The second kappa shape index (κ2) is 6.55. The van der Waals surface area contributed by atoms with Crippen LogP contribution in [0.1, 0.15) is 31.9 Å². The van der Waals surface area contributed by atoms with Gasteiger partial charge in [-0.15, -0.1) is 0 Å². The van der Waals surface area contributed by atoms with Crippen LogP contribution in [-0.2, 0) is 17.8 Å². The van der Waals surface area contributed by atoms with Crippen LogP contribution in [0, 0.1) is 5.92 Å². The highest BCUT2D eigenvalue weighted by Crippen LogP contribution is 2.26. The first-order chi connectivity index (χ1) is 8.40. The van der Waals surface area contributed by atoms with Gasteiger partial charge < -0.3 is 9.64 Å². The minimum absolute atomic E-state index is 0.262. The van der Waals surface area contributed by atoms with Crippen LogP contribution in [0.2, 0.25) is 0 Å². The minimum Gasteiger partial charge on any atom is -0.426 e. The summed E-state index contributed by atoms with van der Waals surface area (Å²) in [4.78, 5) is 13.3. The van der Waals surface area contributed by atoms with Crippen LogP contribution < -0.4 is 4.74 Å². The van der Waals surface area contributed by atoms with Gasteiger partial charge in [0.2, 0.25) is 0 Å². The Balaban J connectivity index is 3.11. The lowest BCUT2D eigenvalue weighted by Crippen LogP contribution is -2.14. The summed E-state index contributed by atoms with van der Waals surface area (Å²) in [5.74, 6) is 0.972. The summed E-state index contributed by atoms with van der Waals surface area (Å²) in [6.45, 7) is 6.64. The molecule has 0 aliphatic heterocycles. The fourth-order valence-corrected chi connectivity index (χ4v) is 1.99. The topological polar surface area (TPSA) is 29.5 Å². The van der Waals surface area contributed by atoms with Crippen molar-refractivity contribution in [3.63, 3.8) is 0 Å². The Morgan fingerprint density at radius 3 is 2.50 bits per heavy atom. The van der Waals surface area contributed by atoms with Gasteiger partial charge in [0.15, 0.2) is 0 Å². The van der Waals surface area contributed by atoms with Gasteiger partial charge in [-0.05, 0) is 43.6 Å². The molecule has 1 rings (SSSR count). The van der Waals surface area contributed by atoms with E-state index >= 15 is 0 Å². The second-order valence-corrected chi connectivity index (χ2v) is 5.32. The van der Waals surface area contributed by atoms with Gasteiger partial charge in [-0.2, -0.15) is 0 Å². The van der Waals surface area contributed by atoms with Crippen LogP contribution in [0.3, 0.4) is 0 Å². The molecule has 0 unspecified atom stereocenters. The van der Waals surface area contributed by atoms with E-state index in [9.17, 15) is 4.79 Å². The summed E-state index contributed by atoms with van der Waals surface area (Å²) in [6.07, 6.45) is 0.923. The maximum Gasteiger partial charge on any atom is 0.308 e. The predicted molar refractivity (Wildman–Crippen MR) is 73.7 cm³/mol. The Hall–Kier alpha value is -1.35. The maximum atomic E-state index is 11.2. The molecule has 0 aromatic heterocycles. The lowest BCUT2D eigenvalue weighted by molar-refractivity contribution is -0.131. The highest BCUT2D eigenvalue weighted by Gasteiger charge is 2.13. The third kappa shape index (κ3) is 4.49. The largest absolute Gasteiger partial charge is 0.426 e. The van der Waals surface area contributed by atoms with Gasteiger partial charge in [-0.1, -0.05) is 26.0 Å². The number of rotatable bonds is 5. The summed E-state index contributed by atoms with van der Waals surface area (Å²) in [5, 5.41) is 0. The average Bonchev–Trinajstić information content (AvgIpc) is 2.20. The van der Waals surface area contributed by atoms with E-state index < -0.39 is 0 Å². The van der Waals surface area contributed by atoms with E-state index in [1.807, 2.05) is 26.2 Å². The molecule has 100 valence electrons. The van der Waals surface area contributed by atoms with Gasteiger partial charge in [0, 0.05) is 13.5 Å². The number of benzene rings is 1. The Kier molecular flexibility index (Phi) is 5.35. The number of hydrogen-bond donors (Lipinski definition) is 0. The van der Waals surface area contributed by atoms with E-state index in [-0.39, 0.29) is 5.97 Å². The summed E-state index contributed by atoms with van der Waals surface area (Å²) in [7, 11) is 4.08. The van der Waals surface area contributed by atoms with Crippen molar-refractivity contribution >= 4 is 5.97 Å². The highest BCUT2D eigenvalue weighted by atomic mass is 16.5. The van der Waals surface area contributed by atoms with Crippen LogP contribution >= 0.6 is 0 Å². The summed E-state index contributed by atoms with van der Waals surface area (Å²) >= 11 is 0. The quantitative estimate of drug-likeness (QED) is 0.593. The molecule has 0 aliphatic carbocycles. The lowest BCUT2D eigenvalue weighted by atomic mass is 9.96. The zero-order valence-corrected chi connectivity index (χ0v) is 12.0. The molecule has 18 heavy (non-hydrogen) atoms. The average molecular weight is 249 g/mol. The highest BCUT2D eigenvalue weighted by molar-refractivity contribution is 5.70. The van der Waals surface area contributed by atoms with Crippen molar-refractivity contribution in [3.8, 4) is 5.75 Å². The Bertz CT molecular complexity index is 411. The molecule has 0 atom stereocenters. The van der Waals surface area contributed by atoms with Gasteiger partial charge in [0.1, 0.15) is 5.75 Å². The maximum absolute atomic E-state index is 11.2. The number of carbonyl (C=O) groups excluding carboxylic acids is 1. The smallest absolute Gasteiger partial charge is 0.308 e. The van der Waals surface area contributed by atoms with Crippen molar-refractivity contribution in [2.24, 2.45) is 5.92 Å². The molecule has 0 bridgehead atoms. The SMILES string of the molecule is CC(=O)Oc1cccc(CN(C)C)c1CC(C)C. The summed E-state index contributed by atoms with van der Waals surface area (Å²) in [5.41, 5.74) is 2.38. The van der Waals surface area contributed by atoms with Crippen molar-refractivity contribution in [1.29, 1.82) is 0 Å². The molecule has 3 nitrogen and oxygen atoms in total. The fraction of sp³-hybridized carbons (Fsp3) is 0.533. The first kappa shape index (κ1) is 14.7. The zero-order valence-electron chi connectivity index (χ0n) is 12.0. The molecule has 0 N–H and O–H groups in total. The third-order valence-electron chi connectivity index (χ3n) is 2.58. The number of nitrogens with zero attached hydrogens (tertiary/aromatic N) is 1. The molecular formula is C15H23NO2. The molecule has 0 amide bonds. The van der Waals surface area contributed by atoms with Gasteiger partial charge in [-0.3, -0.25) is 4.79 Å². The molecule has 0 fully saturated rings. The summed E-state index contributed by atoms with van der Waals surface area (Å²) < 4.78 is 5.31. The molecule has 0 saturated carbocycles. The van der Waals surface area contributed by atoms with Gasteiger partial charge in [0.25, 0.3) is 0 Å². The van der Waals surface area contributed by atoms with Gasteiger partial charge >= 0.3 is 5.97 Å². The summed E-state index contributed by atoms with van der Waals surface area (Å²) in [6, 6.07) is 5.92. The molecule has 0 heterocycles. The first-order valence-electron chi connectivity index (χ1n) is 6.34. The first-order valence-corrected chi connectivity index (χ1v) is 6.34. The normalized spacial score (nSPS) is 11.1. The van der Waals surface area contributed by atoms with Crippen molar-refractivity contribution in [2.45, 2.75) is 33.7 Å². The number of carbonyl (C=O) groups is 1. The number of ether oxygens (including phenoxy) is 1. The molecule has 1 aromatic rings. The second-order valence-electron chi connectivity index (χ2n) is 5.32. The van der Waals surface area contributed by atoms with Crippen LogP contribution in [0.5, 0.6) is 5.75 Å². The van der Waals surface area contributed by atoms with Crippen molar-refractivity contribution in [3.05, 3.63) is 29.3 Å². The standard InChI is InChI=1S/C15H23NO2/c1-11(2)9-14-13(10-16(4)5)7-6-8-15(14)18-12(3)17/h6-8,11H,9-10H2,1-5H3. The van der Waals surface area contributed by atoms with E-state index in [1.165, 1.54) is 12.5 Å².